The van der Waals surface area contributed by atoms with Crippen LogP contribution in [0.4, 0.5) is 4.79 Å². The van der Waals surface area contributed by atoms with Gasteiger partial charge in [-0.25, -0.2) is 9.59 Å². The van der Waals surface area contributed by atoms with E-state index in [0.29, 0.717) is 0 Å². The minimum Gasteiger partial charge on any atom is -0.467 e. The third-order valence-electron chi connectivity index (χ3n) is 6.37. The number of para-hydroxylation sites is 1. The first kappa shape index (κ1) is 32.7. The minimum atomic E-state index is -1.01. The molecule has 0 radical (unpaired) electrons. The first-order valence-corrected chi connectivity index (χ1v) is 14.2. The molecule has 3 amide bonds. The summed E-state index contributed by atoms with van der Waals surface area (Å²) in [6, 6.07) is 4.67. The van der Waals surface area contributed by atoms with Crippen molar-refractivity contribution in [3.63, 3.8) is 0 Å². The molecule has 220 valence electrons. The molecule has 0 fully saturated rings. The van der Waals surface area contributed by atoms with Crippen molar-refractivity contribution in [1.29, 1.82) is 0 Å². The van der Waals surface area contributed by atoms with Crippen molar-refractivity contribution in [1.82, 2.24) is 20.9 Å². The quantitative estimate of drug-likeness (QED) is 0.211. The number of hydrogen-bond donors (Lipinski definition) is 4. The second kappa shape index (κ2) is 14.2. The zero-order chi connectivity index (χ0) is 30.1. The van der Waals surface area contributed by atoms with Crippen LogP contribution in [0.3, 0.4) is 0 Å². The summed E-state index contributed by atoms with van der Waals surface area (Å²) in [6.45, 7) is 14.5. The van der Waals surface area contributed by atoms with Crippen molar-refractivity contribution >= 4 is 46.5 Å². The predicted molar refractivity (Wildman–Crippen MR) is 158 cm³/mol. The molecule has 1 heterocycles. The number of ether oxygens (including phenoxy) is 2. The molecule has 0 aliphatic rings. The summed E-state index contributed by atoms with van der Waals surface area (Å²) in [4.78, 5) is 54.5. The fourth-order valence-electron chi connectivity index (χ4n) is 3.74. The molecule has 1 aromatic heterocycles. The summed E-state index contributed by atoms with van der Waals surface area (Å²) in [6.07, 6.45) is 3.81. The molecular weight excluding hydrogens is 532 g/mol. The van der Waals surface area contributed by atoms with Gasteiger partial charge in [0, 0.05) is 34.0 Å². The molecule has 0 aliphatic carbocycles. The second-order valence-corrected chi connectivity index (χ2v) is 12.3. The van der Waals surface area contributed by atoms with E-state index in [0.717, 1.165) is 22.9 Å². The van der Waals surface area contributed by atoms with Crippen LogP contribution in [0, 0.1) is 0 Å². The number of hydrogen-bond acceptors (Lipinski definition) is 7. The lowest BCUT2D eigenvalue weighted by molar-refractivity contribution is -0.145. The van der Waals surface area contributed by atoms with Gasteiger partial charge in [-0.1, -0.05) is 31.2 Å². The van der Waals surface area contributed by atoms with Crippen LogP contribution in [0.5, 0.6) is 0 Å². The number of amides is 3. The number of thioether (sulfide) groups is 1. The number of H-pyrrole nitrogens is 1. The lowest BCUT2D eigenvalue weighted by Gasteiger charge is -2.28. The van der Waals surface area contributed by atoms with Crippen LogP contribution < -0.4 is 16.0 Å². The molecular formula is C29H42N4O6S. The van der Waals surface area contributed by atoms with Gasteiger partial charge in [0.05, 0.1) is 7.11 Å². The highest BCUT2D eigenvalue weighted by Crippen LogP contribution is 2.30. The minimum absolute atomic E-state index is 0.194. The van der Waals surface area contributed by atoms with E-state index in [9.17, 15) is 19.2 Å². The maximum Gasteiger partial charge on any atom is 0.408 e. The average molecular weight is 575 g/mol. The van der Waals surface area contributed by atoms with E-state index in [-0.39, 0.29) is 16.9 Å². The van der Waals surface area contributed by atoms with Gasteiger partial charge in [0.25, 0.3) is 0 Å². The third-order valence-corrected chi connectivity index (χ3v) is 7.99. The summed E-state index contributed by atoms with van der Waals surface area (Å²) < 4.78 is 9.94. The van der Waals surface area contributed by atoms with Gasteiger partial charge < -0.3 is 30.4 Å². The molecule has 2 aromatic rings. The van der Waals surface area contributed by atoms with Crippen LogP contribution in [-0.2, 0) is 30.3 Å². The highest BCUT2D eigenvalue weighted by Gasteiger charge is 2.31. The second-order valence-electron chi connectivity index (χ2n) is 10.8. The Balaban J connectivity index is 2.13. The number of carbonyl (C=O) groups is 4. The Bertz CT molecular complexity index is 1210. The molecule has 1 unspecified atom stereocenters. The summed E-state index contributed by atoms with van der Waals surface area (Å²) in [5, 5.41) is 8.89. The zero-order valence-electron chi connectivity index (χ0n) is 24.4. The average Bonchev–Trinajstić information content (AvgIpc) is 3.31. The molecule has 0 saturated heterocycles. The van der Waals surface area contributed by atoms with Crippen LogP contribution >= 0.6 is 11.8 Å². The molecule has 0 aliphatic heterocycles. The summed E-state index contributed by atoms with van der Waals surface area (Å²) in [5.74, 6) is -1.52. The first-order valence-electron chi connectivity index (χ1n) is 13.2. The molecule has 1 aromatic carbocycles. The number of carbonyl (C=O) groups excluding carboxylic acids is 4. The largest absolute Gasteiger partial charge is 0.467 e. The van der Waals surface area contributed by atoms with Crippen molar-refractivity contribution in [2.75, 3.05) is 12.9 Å². The Morgan fingerprint density at radius 2 is 1.73 bits per heavy atom. The van der Waals surface area contributed by atoms with Gasteiger partial charge >= 0.3 is 12.1 Å². The van der Waals surface area contributed by atoms with Crippen LogP contribution in [-0.4, -0.2) is 70.2 Å². The predicted octanol–water partition coefficient (Wildman–Crippen LogP) is 3.85. The van der Waals surface area contributed by atoms with Gasteiger partial charge in [0.15, 0.2) is 0 Å². The lowest BCUT2D eigenvalue weighted by Crippen LogP contribution is -2.56. The SMILES string of the molecule is C=CC(C)(CC)SC[C@H](NC(=O)OC(C)(C)C)C(=O)N[C@@H](C)C(=O)N[C@H](Cc1c[nH]c2ccccc12)C(=O)OC. The van der Waals surface area contributed by atoms with Crippen molar-refractivity contribution in [3.05, 3.63) is 48.7 Å². The van der Waals surface area contributed by atoms with Gasteiger partial charge in [-0.3, -0.25) is 9.59 Å². The highest BCUT2D eigenvalue weighted by atomic mass is 32.2. The van der Waals surface area contributed by atoms with Crippen LogP contribution in [0.25, 0.3) is 10.9 Å². The maximum atomic E-state index is 13.2. The van der Waals surface area contributed by atoms with E-state index in [1.165, 1.54) is 25.8 Å². The van der Waals surface area contributed by atoms with Gasteiger partial charge in [0.2, 0.25) is 11.8 Å². The summed E-state index contributed by atoms with van der Waals surface area (Å²) in [7, 11) is 1.25. The van der Waals surface area contributed by atoms with Crippen LogP contribution in [0.1, 0.15) is 53.5 Å². The number of esters is 1. The Morgan fingerprint density at radius 1 is 1.05 bits per heavy atom. The lowest BCUT2D eigenvalue weighted by atomic mass is 10.0. The Hall–Kier alpha value is -3.47. The van der Waals surface area contributed by atoms with E-state index in [2.05, 4.69) is 27.5 Å². The van der Waals surface area contributed by atoms with E-state index >= 15 is 0 Å². The molecule has 40 heavy (non-hydrogen) atoms. The molecule has 0 saturated carbocycles. The van der Waals surface area contributed by atoms with Gasteiger partial charge in [-0.15, -0.1) is 18.3 Å². The van der Waals surface area contributed by atoms with Crippen molar-refractivity contribution < 1.29 is 28.7 Å². The maximum absolute atomic E-state index is 13.2. The van der Waals surface area contributed by atoms with E-state index in [1.807, 2.05) is 38.1 Å². The fourth-order valence-corrected chi connectivity index (χ4v) is 4.85. The van der Waals surface area contributed by atoms with Crippen LogP contribution in [0.15, 0.2) is 43.1 Å². The van der Waals surface area contributed by atoms with E-state index in [1.54, 1.807) is 33.0 Å². The van der Waals surface area contributed by atoms with Crippen LogP contribution in [0.2, 0.25) is 0 Å². The standard InChI is InChI=1S/C29H42N4O6S/c1-9-29(7,10-2)40-17-23(33-27(37)39-28(4,5)6)25(35)31-18(3)24(34)32-22(26(36)38-8)15-19-16-30-21-14-12-11-13-20(19)21/h9,11-14,16,18,22-23,30H,1,10,15,17H2,2-8H3,(H,31,35)(H,32,34)(H,33,37)/t18-,22+,23-,29?/m0/s1. The zero-order valence-corrected chi connectivity index (χ0v) is 25.2. The number of fused-ring (bicyclic) bond motifs is 1. The smallest absolute Gasteiger partial charge is 0.408 e. The van der Waals surface area contributed by atoms with Crippen molar-refractivity contribution in [2.24, 2.45) is 0 Å². The number of alkyl carbamates (subject to hydrolysis) is 1. The fraction of sp³-hybridized carbons (Fsp3) is 0.517. The number of aromatic amines is 1. The topological polar surface area (TPSA) is 139 Å². The molecule has 11 heteroatoms. The number of nitrogens with one attached hydrogen (secondary N) is 4. The van der Waals surface area contributed by atoms with Gasteiger partial charge in [-0.05, 0) is 52.7 Å². The number of benzene rings is 1. The summed E-state index contributed by atoms with van der Waals surface area (Å²) in [5.41, 5.74) is 0.992. The summed E-state index contributed by atoms with van der Waals surface area (Å²) >= 11 is 1.46. The molecule has 10 nitrogen and oxygen atoms in total. The highest BCUT2D eigenvalue weighted by molar-refractivity contribution is 8.00. The molecule has 0 spiro atoms. The molecule has 0 bridgehead atoms. The monoisotopic (exact) mass is 574 g/mol. The number of rotatable bonds is 13. The van der Waals surface area contributed by atoms with E-state index < -0.39 is 47.6 Å². The Kier molecular flexibility index (Phi) is 11.7. The van der Waals surface area contributed by atoms with Crippen molar-refractivity contribution in [3.8, 4) is 0 Å². The van der Waals surface area contributed by atoms with E-state index in [4.69, 9.17) is 9.47 Å². The first-order chi connectivity index (χ1) is 18.7. The number of aromatic nitrogens is 1. The normalized spacial score (nSPS) is 15.2. The molecule has 2 rings (SSSR count). The number of methoxy groups -OCH3 is 1. The Labute approximate surface area is 240 Å². The molecule has 4 atom stereocenters. The Morgan fingerprint density at radius 3 is 2.33 bits per heavy atom. The van der Waals surface area contributed by atoms with Crippen molar-refractivity contribution in [2.45, 2.75) is 82.9 Å². The van der Waals surface area contributed by atoms with Gasteiger partial charge in [0.1, 0.15) is 23.7 Å². The molecule has 4 N–H and O–H groups in total. The van der Waals surface area contributed by atoms with Gasteiger partial charge in [-0.2, -0.15) is 0 Å². The third kappa shape index (κ3) is 9.62.